The predicted octanol–water partition coefficient (Wildman–Crippen LogP) is 2.12. The average Bonchev–Trinajstić information content (AvgIpc) is 3.06. The van der Waals surface area contributed by atoms with E-state index in [1.54, 1.807) is 28.6 Å². The zero-order chi connectivity index (χ0) is 12.4. The summed E-state index contributed by atoms with van der Waals surface area (Å²) >= 11 is 4.64. The minimum atomic E-state index is 0.651. The standard InChI is InChI=1S/C9H8N6S3/c10-14-7-5-1-2-16-8(5)13-6(12-7)3-17-9-15-11-4-18-9/h1-2,4H,3,10H2,(H,12,13,14). The summed E-state index contributed by atoms with van der Waals surface area (Å²) in [5.41, 5.74) is 4.32. The molecule has 0 aliphatic heterocycles. The molecule has 0 radical (unpaired) electrons. The van der Waals surface area contributed by atoms with Gasteiger partial charge in [-0.1, -0.05) is 23.1 Å². The fourth-order valence-electron chi connectivity index (χ4n) is 1.43. The summed E-state index contributed by atoms with van der Waals surface area (Å²) < 4.78 is 0.909. The molecule has 0 atom stereocenters. The van der Waals surface area contributed by atoms with Gasteiger partial charge in [0.05, 0.1) is 11.1 Å². The molecule has 0 saturated heterocycles. The minimum absolute atomic E-state index is 0.651. The molecule has 3 aromatic rings. The lowest BCUT2D eigenvalue weighted by Crippen LogP contribution is -2.10. The lowest BCUT2D eigenvalue weighted by Gasteiger charge is -2.03. The van der Waals surface area contributed by atoms with Gasteiger partial charge in [-0.2, -0.15) is 0 Å². The first-order valence-corrected chi connectivity index (χ1v) is 7.71. The second kappa shape index (κ2) is 5.14. The van der Waals surface area contributed by atoms with Gasteiger partial charge in [0, 0.05) is 0 Å². The van der Waals surface area contributed by atoms with E-state index in [0.717, 1.165) is 20.4 Å². The lowest BCUT2D eigenvalue weighted by molar-refractivity contribution is 1.00. The van der Waals surface area contributed by atoms with Crippen molar-refractivity contribution in [2.24, 2.45) is 5.84 Å². The molecule has 6 nitrogen and oxygen atoms in total. The summed E-state index contributed by atoms with van der Waals surface area (Å²) in [6.07, 6.45) is 0. The van der Waals surface area contributed by atoms with Gasteiger partial charge in [0.2, 0.25) is 0 Å². The second-order valence-corrected chi connectivity index (χ2v) is 6.22. The van der Waals surface area contributed by atoms with Crippen molar-refractivity contribution in [3.05, 3.63) is 22.8 Å². The number of nitrogens with one attached hydrogen (secondary N) is 1. The third-order valence-electron chi connectivity index (χ3n) is 2.17. The van der Waals surface area contributed by atoms with E-state index in [-0.39, 0.29) is 0 Å². The number of hydrazine groups is 1. The van der Waals surface area contributed by atoms with E-state index in [2.05, 4.69) is 25.6 Å². The van der Waals surface area contributed by atoms with Crippen molar-refractivity contribution in [3.8, 4) is 0 Å². The Labute approximate surface area is 115 Å². The van der Waals surface area contributed by atoms with Gasteiger partial charge < -0.3 is 5.43 Å². The highest BCUT2D eigenvalue weighted by atomic mass is 32.2. The Bertz CT molecular complexity index is 649. The third kappa shape index (κ3) is 2.29. The van der Waals surface area contributed by atoms with Crippen LogP contribution in [0.2, 0.25) is 0 Å². The smallest absolute Gasteiger partial charge is 0.174 e. The van der Waals surface area contributed by atoms with E-state index in [1.807, 2.05) is 11.4 Å². The van der Waals surface area contributed by atoms with E-state index in [1.165, 1.54) is 11.3 Å². The number of thioether (sulfide) groups is 1. The largest absolute Gasteiger partial charge is 0.308 e. The summed E-state index contributed by atoms with van der Waals surface area (Å²) in [4.78, 5) is 9.81. The van der Waals surface area contributed by atoms with Crippen LogP contribution in [0.1, 0.15) is 5.82 Å². The number of nitrogen functional groups attached to an aromatic ring is 1. The molecule has 18 heavy (non-hydrogen) atoms. The fourth-order valence-corrected chi connectivity index (χ4v) is 3.55. The van der Waals surface area contributed by atoms with Crippen LogP contribution >= 0.6 is 34.4 Å². The van der Waals surface area contributed by atoms with Crippen LogP contribution in [0.3, 0.4) is 0 Å². The summed E-state index contributed by atoms with van der Waals surface area (Å²) in [6, 6.07) is 1.96. The summed E-state index contributed by atoms with van der Waals surface area (Å²) in [5, 5.41) is 10.7. The third-order valence-corrected chi connectivity index (χ3v) is 4.84. The highest BCUT2D eigenvalue weighted by Gasteiger charge is 2.09. The first-order chi connectivity index (χ1) is 8.86. The zero-order valence-corrected chi connectivity index (χ0v) is 11.5. The zero-order valence-electron chi connectivity index (χ0n) is 9.03. The monoisotopic (exact) mass is 296 g/mol. The SMILES string of the molecule is NNc1nc(CSc2nncs2)nc2sccc12. The number of hydrogen-bond acceptors (Lipinski definition) is 9. The Kier molecular flexibility index (Phi) is 3.37. The molecule has 0 aromatic carbocycles. The maximum atomic E-state index is 5.47. The predicted molar refractivity (Wildman–Crippen MR) is 74.7 cm³/mol. The second-order valence-electron chi connectivity index (χ2n) is 3.27. The molecule has 0 spiro atoms. The van der Waals surface area contributed by atoms with Crippen molar-refractivity contribution in [1.29, 1.82) is 0 Å². The van der Waals surface area contributed by atoms with Crippen molar-refractivity contribution < 1.29 is 0 Å². The molecule has 3 N–H and O–H groups in total. The minimum Gasteiger partial charge on any atom is -0.308 e. The van der Waals surface area contributed by atoms with Crippen molar-refractivity contribution >= 4 is 50.5 Å². The van der Waals surface area contributed by atoms with Crippen LogP contribution in [0.4, 0.5) is 5.82 Å². The average molecular weight is 296 g/mol. The van der Waals surface area contributed by atoms with Crippen LogP contribution in [0, 0.1) is 0 Å². The molecule has 3 aromatic heterocycles. The van der Waals surface area contributed by atoms with Crippen LogP contribution in [-0.2, 0) is 5.75 Å². The van der Waals surface area contributed by atoms with E-state index in [4.69, 9.17) is 5.84 Å². The molecular weight excluding hydrogens is 288 g/mol. The highest BCUT2D eigenvalue weighted by Crippen LogP contribution is 2.27. The van der Waals surface area contributed by atoms with E-state index >= 15 is 0 Å². The van der Waals surface area contributed by atoms with Gasteiger partial charge in [-0.05, 0) is 11.4 Å². The maximum absolute atomic E-state index is 5.47. The first-order valence-electron chi connectivity index (χ1n) is 4.96. The molecule has 0 fully saturated rings. The topological polar surface area (TPSA) is 89.6 Å². The maximum Gasteiger partial charge on any atom is 0.174 e. The van der Waals surface area contributed by atoms with Gasteiger partial charge in [0.25, 0.3) is 0 Å². The molecule has 3 rings (SSSR count). The molecule has 0 amide bonds. The van der Waals surface area contributed by atoms with Crippen molar-refractivity contribution in [1.82, 2.24) is 20.2 Å². The van der Waals surface area contributed by atoms with Crippen LogP contribution in [0.5, 0.6) is 0 Å². The van der Waals surface area contributed by atoms with Gasteiger partial charge in [-0.15, -0.1) is 21.5 Å². The van der Waals surface area contributed by atoms with Crippen LogP contribution in [0.25, 0.3) is 10.2 Å². The van der Waals surface area contributed by atoms with Crippen molar-refractivity contribution in [2.45, 2.75) is 10.1 Å². The number of fused-ring (bicyclic) bond motifs is 1. The molecule has 0 unspecified atom stereocenters. The Hall–Kier alpha value is -1.29. The quantitative estimate of drug-likeness (QED) is 0.433. The van der Waals surface area contributed by atoms with E-state index < -0.39 is 0 Å². The molecule has 0 aliphatic rings. The van der Waals surface area contributed by atoms with Crippen LogP contribution in [0.15, 0.2) is 21.3 Å². The van der Waals surface area contributed by atoms with Gasteiger partial charge in [-0.25, -0.2) is 15.8 Å². The number of hydrogen-bond donors (Lipinski definition) is 2. The molecular formula is C9H8N6S3. The summed E-state index contributed by atoms with van der Waals surface area (Å²) in [6.45, 7) is 0. The van der Waals surface area contributed by atoms with E-state index in [0.29, 0.717) is 11.6 Å². The number of thiophene rings is 1. The highest BCUT2D eigenvalue weighted by molar-refractivity contribution is 8.00. The number of nitrogens with zero attached hydrogens (tertiary/aromatic N) is 4. The van der Waals surface area contributed by atoms with Crippen LogP contribution in [-0.4, -0.2) is 20.2 Å². The number of nitrogens with two attached hydrogens (primary N) is 1. The molecule has 3 heterocycles. The Morgan fingerprint density at radius 1 is 1.33 bits per heavy atom. The number of anilines is 1. The lowest BCUT2D eigenvalue weighted by atomic mass is 10.4. The van der Waals surface area contributed by atoms with Crippen molar-refractivity contribution in [3.63, 3.8) is 0 Å². The van der Waals surface area contributed by atoms with Gasteiger partial charge in [0.15, 0.2) is 10.2 Å². The summed E-state index contributed by atoms with van der Waals surface area (Å²) in [7, 11) is 0. The van der Waals surface area contributed by atoms with Gasteiger partial charge >= 0.3 is 0 Å². The Morgan fingerprint density at radius 2 is 2.28 bits per heavy atom. The molecule has 92 valence electrons. The van der Waals surface area contributed by atoms with Gasteiger partial charge in [-0.3, -0.25) is 0 Å². The molecule has 0 saturated carbocycles. The molecule has 9 heteroatoms. The van der Waals surface area contributed by atoms with E-state index in [9.17, 15) is 0 Å². The van der Waals surface area contributed by atoms with Crippen molar-refractivity contribution in [2.75, 3.05) is 5.43 Å². The molecule has 0 bridgehead atoms. The summed E-state index contributed by atoms with van der Waals surface area (Å²) in [5.74, 6) is 7.52. The Morgan fingerprint density at radius 3 is 3.06 bits per heavy atom. The first kappa shape index (κ1) is 11.8. The normalized spacial score (nSPS) is 10.9. The number of rotatable bonds is 4. The van der Waals surface area contributed by atoms with Gasteiger partial charge in [0.1, 0.15) is 16.2 Å². The Balaban J connectivity index is 1.87. The fraction of sp³-hybridized carbons (Fsp3) is 0.111. The number of aromatic nitrogens is 4. The van der Waals surface area contributed by atoms with Crippen LogP contribution < -0.4 is 11.3 Å². The molecule has 0 aliphatic carbocycles.